The van der Waals surface area contributed by atoms with E-state index < -0.39 is 0 Å². The molecule has 0 saturated heterocycles. The predicted octanol–water partition coefficient (Wildman–Crippen LogP) is 3.98. The Labute approximate surface area is 107 Å². The maximum absolute atomic E-state index is 4.08. The second-order valence-electron chi connectivity index (χ2n) is 4.19. The molecule has 0 amide bonds. The molecule has 0 bridgehead atoms. The van der Waals surface area contributed by atoms with Gasteiger partial charge in [0.1, 0.15) is 5.51 Å². The van der Waals surface area contributed by atoms with Crippen molar-refractivity contribution in [2.24, 2.45) is 5.41 Å². The molecular formula is C10H15BrN2S2. The van der Waals surface area contributed by atoms with E-state index in [0.29, 0.717) is 5.41 Å². The third-order valence-corrected chi connectivity index (χ3v) is 6.44. The highest BCUT2D eigenvalue weighted by molar-refractivity contribution is 9.09. The summed E-state index contributed by atoms with van der Waals surface area (Å²) in [6, 6.07) is 0. The zero-order valence-corrected chi connectivity index (χ0v) is 11.8. The van der Waals surface area contributed by atoms with Crippen molar-refractivity contribution in [2.45, 2.75) is 36.4 Å². The van der Waals surface area contributed by atoms with Crippen molar-refractivity contribution in [1.82, 2.24) is 10.2 Å². The minimum atomic E-state index is 0.509. The van der Waals surface area contributed by atoms with Gasteiger partial charge in [0.05, 0.1) is 0 Å². The maximum Gasteiger partial charge on any atom is 0.174 e. The molecule has 1 aromatic heterocycles. The zero-order chi connectivity index (χ0) is 10.6. The number of halogens is 1. The van der Waals surface area contributed by atoms with E-state index in [2.05, 4.69) is 26.1 Å². The summed E-state index contributed by atoms with van der Waals surface area (Å²) in [5, 5.41) is 9.08. The van der Waals surface area contributed by atoms with Crippen LogP contribution in [0.1, 0.15) is 32.1 Å². The molecule has 1 heterocycles. The molecule has 1 aromatic rings. The molecule has 0 unspecified atom stereocenters. The number of rotatable bonds is 4. The Kier molecular flexibility index (Phi) is 4.46. The fourth-order valence-corrected chi connectivity index (χ4v) is 4.86. The Hall–Kier alpha value is 0.390. The van der Waals surface area contributed by atoms with Crippen molar-refractivity contribution in [3.05, 3.63) is 5.51 Å². The van der Waals surface area contributed by atoms with Crippen molar-refractivity contribution >= 4 is 39.0 Å². The lowest BCUT2D eigenvalue weighted by Gasteiger charge is -2.35. The molecule has 1 aliphatic carbocycles. The first-order valence-electron chi connectivity index (χ1n) is 5.30. The summed E-state index contributed by atoms with van der Waals surface area (Å²) in [5.41, 5.74) is 2.32. The molecule has 5 heteroatoms. The van der Waals surface area contributed by atoms with Crippen LogP contribution >= 0.6 is 39.0 Å². The first-order chi connectivity index (χ1) is 7.35. The number of hydrogen-bond donors (Lipinski definition) is 0. The third kappa shape index (κ3) is 3.17. The predicted molar refractivity (Wildman–Crippen MR) is 69.9 cm³/mol. The van der Waals surface area contributed by atoms with Crippen LogP contribution in [0.5, 0.6) is 0 Å². The Morgan fingerprint density at radius 1 is 1.40 bits per heavy atom. The fourth-order valence-electron chi connectivity index (χ4n) is 2.06. The fraction of sp³-hybridized carbons (Fsp3) is 0.800. The molecule has 0 aromatic carbocycles. The summed E-state index contributed by atoms with van der Waals surface area (Å²) in [6.45, 7) is 0. The van der Waals surface area contributed by atoms with E-state index in [0.717, 1.165) is 9.67 Å². The van der Waals surface area contributed by atoms with Crippen LogP contribution in [0.15, 0.2) is 9.85 Å². The zero-order valence-electron chi connectivity index (χ0n) is 8.62. The van der Waals surface area contributed by atoms with Gasteiger partial charge in [-0.1, -0.05) is 58.3 Å². The van der Waals surface area contributed by atoms with Crippen LogP contribution in [0.2, 0.25) is 0 Å². The largest absolute Gasteiger partial charge is 0.174 e. The van der Waals surface area contributed by atoms with E-state index >= 15 is 0 Å². The monoisotopic (exact) mass is 306 g/mol. The van der Waals surface area contributed by atoms with Crippen molar-refractivity contribution < 1.29 is 0 Å². The highest BCUT2D eigenvalue weighted by atomic mass is 79.9. The normalized spacial score (nSPS) is 20.3. The lowest BCUT2D eigenvalue weighted by atomic mass is 9.77. The average molecular weight is 307 g/mol. The van der Waals surface area contributed by atoms with Gasteiger partial charge in [0.15, 0.2) is 4.34 Å². The first-order valence-corrected chi connectivity index (χ1v) is 8.28. The number of thioether (sulfide) groups is 1. The number of nitrogens with zero attached hydrogens (tertiary/aromatic N) is 2. The summed E-state index contributed by atoms with van der Waals surface area (Å²) in [5.74, 6) is 1.19. The van der Waals surface area contributed by atoms with Gasteiger partial charge in [-0.05, 0) is 18.3 Å². The molecule has 0 radical (unpaired) electrons. The van der Waals surface area contributed by atoms with Gasteiger partial charge < -0.3 is 0 Å². The molecule has 15 heavy (non-hydrogen) atoms. The topological polar surface area (TPSA) is 25.8 Å². The molecule has 84 valence electrons. The van der Waals surface area contributed by atoms with Crippen LogP contribution in [0, 0.1) is 5.41 Å². The van der Waals surface area contributed by atoms with Crippen LogP contribution in [-0.4, -0.2) is 21.3 Å². The molecule has 1 aliphatic rings. The van der Waals surface area contributed by atoms with E-state index in [1.807, 2.05) is 17.3 Å². The van der Waals surface area contributed by atoms with E-state index in [1.165, 1.54) is 37.9 Å². The maximum atomic E-state index is 4.08. The van der Waals surface area contributed by atoms with E-state index in [1.54, 1.807) is 11.3 Å². The van der Waals surface area contributed by atoms with Crippen molar-refractivity contribution in [3.63, 3.8) is 0 Å². The van der Waals surface area contributed by atoms with Gasteiger partial charge in [0.25, 0.3) is 0 Å². The van der Waals surface area contributed by atoms with E-state index in [9.17, 15) is 0 Å². The molecule has 0 aliphatic heterocycles. The van der Waals surface area contributed by atoms with Crippen LogP contribution in [0.3, 0.4) is 0 Å². The van der Waals surface area contributed by atoms with Crippen molar-refractivity contribution in [3.8, 4) is 0 Å². The highest BCUT2D eigenvalue weighted by Gasteiger charge is 2.31. The SMILES string of the molecule is BrCC1(CSc2nncs2)CCCCC1. The number of hydrogen-bond acceptors (Lipinski definition) is 4. The van der Waals surface area contributed by atoms with E-state index in [-0.39, 0.29) is 0 Å². The third-order valence-electron chi connectivity index (χ3n) is 3.04. The molecule has 2 nitrogen and oxygen atoms in total. The highest BCUT2D eigenvalue weighted by Crippen LogP contribution is 2.41. The average Bonchev–Trinajstić information content (AvgIpc) is 2.81. The van der Waals surface area contributed by atoms with Crippen LogP contribution < -0.4 is 0 Å². The van der Waals surface area contributed by atoms with Gasteiger partial charge in [-0.15, -0.1) is 10.2 Å². The second kappa shape index (κ2) is 5.64. The van der Waals surface area contributed by atoms with Gasteiger partial charge >= 0.3 is 0 Å². The van der Waals surface area contributed by atoms with Gasteiger partial charge in [-0.25, -0.2) is 0 Å². The summed E-state index contributed by atoms with van der Waals surface area (Å²) >= 11 is 7.20. The second-order valence-corrected chi connectivity index (χ2v) is 6.80. The van der Waals surface area contributed by atoms with E-state index in [4.69, 9.17) is 0 Å². The van der Waals surface area contributed by atoms with Crippen molar-refractivity contribution in [2.75, 3.05) is 11.1 Å². The van der Waals surface area contributed by atoms with Crippen LogP contribution in [0.25, 0.3) is 0 Å². The quantitative estimate of drug-likeness (QED) is 0.621. The molecule has 1 saturated carbocycles. The number of aromatic nitrogens is 2. The standard InChI is InChI=1S/C10H15BrN2S2/c11-6-10(4-2-1-3-5-10)7-14-9-13-12-8-15-9/h8H,1-7H2. The summed E-state index contributed by atoms with van der Waals surface area (Å²) in [7, 11) is 0. The molecule has 0 spiro atoms. The Morgan fingerprint density at radius 3 is 2.80 bits per heavy atom. The first kappa shape index (κ1) is 11.9. The summed E-state index contributed by atoms with van der Waals surface area (Å²) in [4.78, 5) is 0. The van der Waals surface area contributed by atoms with Crippen molar-refractivity contribution in [1.29, 1.82) is 0 Å². The summed E-state index contributed by atoms with van der Waals surface area (Å²) < 4.78 is 1.11. The van der Waals surface area contributed by atoms with Gasteiger partial charge in [-0.3, -0.25) is 0 Å². The lowest BCUT2D eigenvalue weighted by Crippen LogP contribution is -2.28. The smallest absolute Gasteiger partial charge is 0.146 e. The molecule has 0 atom stereocenters. The van der Waals surface area contributed by atoms with Crippen LogP contribution in [0.4, 0.5) is 0 Å². The van der Waals surface area contributed by atoms with Gasteiger partial charge in [0, 0.05) is 11.1 Å². The van der Waals surface area contributed by atoms with Crippen LogP contribution in [-0.2, 0) is 0 Å². The minimum Gasteiger partial charge on any atom is -0.146 e. The molecule has 2 rings (SSSR count). The molecular weight excluding hydrogens is 292 g/mol. The Bertz CT molecular complexity index is 284. The lowest BCUT2D eigenvalue weighted by molar-refractivity contribution is 0.260. The molecule has 0 N–H and O–H groups in total. The number of alkyl halides is 1. The Balaban J connectivity index is 1.89. The molecule has 1 fully saturated rings. The van der Waals surface area contributed by atoms with Gasteiger partial charge in [0.2, 0.25) is 0 Å². The minimum absolute atomic E-state index is 0.509. The van der Waals surface area contributed by atoms with Gasteiger partial charge in [-0.2, -0.15) is 0 Å². The summed E-state index contributed by atoms with van der Waals surface area (Å²) in [6.07, 6.45) is 6.93. The Morgan fingerprint density at radius 2 is 2.20 bits per heavy atom.